The van der Waals surface area contributed by atoms with Crippen molar-refractivity contribution in [3.05, 3.63) is 24.3 Å². The minimum absolute atomic E-state index is 0.00617. The Morgan fingerprint density at radius 1 is 0.810 bits per heavy atom. The van der Waals surface area contributed by atoms with E-state index in [1.165, 1.54) is 0 Å². The van der Waals surface area contributed by atoms with E-state index >= 15 is 0 Å². The number of hydrogen-bond acceptors (Lipinski definition) is 5. The number of carbonyl (C=O) groups is 2. The molecule has 0 unspecified atom stereocenters. The summed E-state index contributed by atoms with van der Waals surface area (Å²) in [6.07, 6.45) is 3.55. The molecule has 0 radical (unpaired) electrons. The van der Waals surface area contributed by atoms with E-state index in [0.717, 1.165) is 25.7 Å². The molecule has 0 aromatic rings. The molecule has 0 heterocycles. The Labute approximate surface area is 126 Å². The second kappa shape index (κ2) is 12.1. The largest absolute Gasteiger partial charge is 0.462 e. The molecule has 0 amide bonds. The first kappa shape index (κ1) is 19.4. The number of esters is 2. The Morgan fingerprint density at radius 3 is 1.52 bits per heavy atom. The van der Waals surface area contributed by atoms with Gasteiger partial charge in [0.25, 0.3) is 0 Å². The third kappa shape index (κ3) is 9.85. The monoisotopic (exact) mass is 298 g/mol. The smallest absolute Gasteiger partial charge is 0.335 e. The maximum Gasteiger partial charge on any atom is 0.335 e. The fraction of sp³-hybridized carbons (Fsp3) is 0.625. The predicted octanol–water partition coefficient (Wildman–Crippen LogP) is 2.80. The fourth-order valence-corrected chi connectivity index (χ4v) is 1.24. The number of unbranched alkanes of at least 4 members (excludes halogenated alkanes) is 2. The van der Waals surface area contributed by atoms with Gasteiger partial charge < -0.3 is 14.2 Å². The topological polar surface area (TPSA) is 61.8 Å². The van der Waals surface area contributed by atoms with Gasteiger partial charge in [0, 0.05) is 0 Å². The zero-order chi connectivity index (χ0) is 16.1. The first-order valence-electron chi connectivity index (χ1n) is 7.30. The second-order valence-corrected chi connectivity index (χ2v) is 4.68. The zero-order valence-corrected chi connectivity index (χ0v) is 13.1. The molecule has 0 aromatic heterocycles. The van der Waals surface area contributed by atoms with Crippen molar-refractivity contribution >= 4 is 11.9 Å². The van der Waals surface area contributed by atoms with E-state index in [0.29, 0.717) is 13.2 Å². The maximum absolute atomic E-state index is 11.5. The van der Waals surface area contributed by atoms with E-state index in [1.807, 2.05) is 13.8 Å². The molecule has 0 fully saturated rings. The summed E-state index contributed by atoms with van der Waals surface area (Å²) in [6, 6.07) is 0. The molecule has 0 bridgehead atoms. The Balaban J connectivity index is 3.81. The molecular weight excluding hydrogens is 272 g/mol. The van der Waals surface area contributed by atoms with Crippen LogP contribution in [0.3, 0.4) is 0 Å². The van der Waals surface area contributed by atoms with Gasteiger partial charge in [-0.3, -0.25) is 0 Å². The van der Waals surface area contributed by atoms with Crippen molar-refractivity contribution in [3.63, 3.8) is 0 Å². The van der Waals surface area contributed by atoms with Crippen LogP contribution in [0.5, 0.6) is 0 Å². The van der Waals surface area contributed by atoms with Gasteiger partial charge in [0.05, 0.1) is 37.6 Å². The molecule has 0 aliphatic heterocycles. The van der Waals surface area contributed by atoms with Gasteiger partial charge in [-0.15, -0.1) is 0 Å². The fourth-order valence-electron chi connectivity index (χ4n) is 1.24. The van der Waals surface area contributed by atoms with Crippen LogP contribution >= 0.6 is 0 Å². The summed E-state index contributed by atoms with van der Waals surface area (Å²) in [4.78, 5) is 23.0. The van der Waals surface area contributed by atoms with Crippen LogP contribution in [-0.4, -0.2) is 38.4 Å². The summed E-state index contributed by atoms with van der Waals surface area (Å²) in [6.45, 7) is 12.0. The van der Waals surface area contributed by atoms with Gasteiger partial charge in [-0.1, -0.05) is 39.8 Å². The summed E-state index contributed by atoms with van der Waals surface area (Å²) in [5.41, 5.74) is 0.441. The first-order valence-corrected chi connectivity index (χ1v) is 7.30. The minimum Gasteiger partial charge on any atom is -0.462 e. The Bertz CT molecular complexity index is 326. The average Bonchev–Trinajstić information content (AvgIpc) is 2.47. The van der Waals surface area contributed by atoms with Gasteiger partial charge in [-0.25, -0.2) is 9.59 Å². The van der Waals surface area contributed by atoms with Crippen molar-refractivity contribution in [2.45, 2.75) is 39.5 Å². The number of hydrogen-bond donors (Lipinski definition) is 0. The highest BCUT2D eigenvalue weighted by Crippen LogP contribution is 2.02. The third-order valence-corrected chi connectivity index (χ3v) is 2.59. The van der Waals surface area contributed by atoms with E-state index in [-0.39, 0.29) is 24.4 Å². The first-order chi connectivity index (χ1) is 10.0. The predicted molar refractivity (Wildman–Crippen MR) is 80.8 cm³/mol. The molecule has 0 aliphatic carbocycles. The van der Waals surface area contributed by atoms with Crippen LogP contribution < -0.4 is 0 Å². The summed E-state index contributed by atoms with van der Waals surface area (Å²) in [5.74, 6) is -0.945. The quantitative estimate of drug-likeness (QED) is 0.315. The van der Waals surface area contributed by atoms with Gasteiger partial charge >= 0.3 is 11.9 Å². The van der Waals surface area contributed by atoms with E-state index in [1.54, 1.807) is 0 Å². The van der Waals surface area contributed by atoms with E-state index in [2.05, 4.69) is 13.2 Å². The van der Waals surface area contributed by atoms with Gasteiger partial charge in [0.15, 0.2) is 0 Å². The van der Waals surface area contributed by atoms with Crippen molar-refractivity contribution in [1.82, 2.24) is 0 Å². The van der Waals surface area contributed by atoms with E-state index in [9.17, 15) is 9.59 Å². The van der Waals surface area contributed by atoms with Crippen LogP contribution in [0.2, 0.25) is 0 Å². The highest BCUT2D eigenvalue weighted by Gasteiger charge is 2.11. The SMILES string of the molecule is C=C(COCC(=C)C(=O)OCCCC)C(=O)OCCCC. The molecule has 5 nitrogen and oxygen atoms in total. The maximum atomic E-state index is 11.5. The molecule has 0 aromatic carbocycles. The van der Waals surface area contributed by atoms with Crippen molar-refractivity contribution in [3.8, 4) is 0 Å². The molecule has 21 heavy (non-hydrogen) atoms. The van der Waals surface area contributed by atoms with Crippen molar-refractivity contribution in [2.75, 3.05) is 26.4 Å². The van der Waals surface area contributed by atoms with Gasteiger partial charge in [-0.2, -0.15) is 0 Å². The molecule has 0 spiro atoms. The highest BCUT2D eigenvalue weighted by molar-refractivity contribution is 5.88. The minimum atomic E-state index is -0.473. The lowest BCUT2D eigenvalue weighted by atomic mass is 10.3. The van der Waals surface area contributed by atoms with Crippen LogP contribution in [-0.2, 0) is 23.8 Å². The Hall–Kier alpha value is -1.62. The Kier molecular flexibility index (Phi) is 11.2. The normalized spacial score (nSPS) is 10.0. The molecule has 120 valence electrons. The van der Waals surface area contributed by atoms with Crippen LogP contribution in [0.25, 0.3) is 0 Å². The third-order valence-electron chi connectivity index (χ3n) is 2.59. The number of carbonyl (C=O) groups excluding carboxylic acids is 2. The van der Waals surface area contributed by atoms with E-state index in [4.69, 9.17) is 14.2 Å². The molecule has 0 N–H and O–H groups in total. The van der Waals surface area contributed by atoms with Crippen LogP contribution in [0, 0.1) is 0 Å². The van der Waals surface area contributed by atoms with Crippen molar-refractivity contribution in [1.29, 1.82) is 0 Å². The standard InChI is InChI=1S/C16H26O5/c1-5-7-9-20-15(17)13(3)11-19-12-14(4)16(18)21-10-8-6-2/h3-12H2,1-2H3. The second-order valence-electron chi connectivity index (χ2n) is 4.68. The summed E-state index contributed by atoms with van der Waals surface area (Å²) >= 11 is 0. The molecule has 0 atom stereocenters. The molecule has 0 rings (SSSR count). The van der Waals surface area contributed by atoms with Crippen molar-refractivity contribution in [2.24, 2.45) is 0 Å². The summed E-state index contributed by atoms with van der Waals surface area (Å²) in [5, 5.41) is 0. The number of ether oxygens (including phenoxy) is 3. The molecule has 0 saturated carbocycles. The van der Waals surface area contributed by atoms with Gasteiger partial charge in [0.2, 0.25) is 0 Å². The van der Waals surface area contributed by atoms with Crippen LogP contribution in [0.1, 0.15) is 39.5 Å². The lowest BCUT2D eigenvalue weighted by molar-refractivity contribution is -0.139. The van der Waals surface area contributed by atoms with Gasteiger partial charge in [0.1, 0.15) is 0 Å². The zero-order valence-electron chi connectivity index (χ0n) is 13.1. The van der Waals surface area contributed by atoms with E-state index < -0.39 is 11.9 Å². The van der Waals surface area contributed by atoms with Crippen molar-refractivity contribution < 1.29 is 23.8 Å². The Morgan fingerprint density at radius 2 is 1.19 bits per heavy atom. The summed E-state index contributed by atoms with van der Waals surface area (Å²) < 4.78 is 15.2. The molecular formula is C16H26O5. The molecule has 0 saturated heterocycles. The van der Waals surface area contributed by atoms with Crippen LogP contribution in [0.15, 0.2) is 24.3 Å². The molecule has 5 heteroatoms. The lowest BCUT2D eigenvalue weighted by Crippen LogP contribution is -2.16. The highest BCUT2D eigenvalue weighted by atomic mass is 16.5. The van der Waals surface area contributed by atoms with Crippen LogP contribution in [0.4, 0.5) is 0 Å². The average molecular weight is 298 g/mol. The number of rotatable bonds is 12. The lowest BCUT2D eigenvalue weighted by Gasteiger charge is -2.09. The summed E-state index contributed by atoms with van der Waals surface area (Å²) in [7, 11) is 0. The molecule has 0 aliphatic rings. The van der Waals surface area contributed by atoms with Gasteiger partial charge in [-0.05, 0) is 12.8 Å².